The molecule has 0 spiro atoms. The number of carboxylic acids is 2. The molecule has 0 saturated carbocycles. The van der Waals surface area contributed by atoms with E-state index in [-0.39, 0.29) is 29.8 Å². The molecule has 2 aromatic carbocycles. The van der Waals surface area contributed by atoms with Crippen LogP contribution in [0.15, 0.2) is 46.6 Å². The van der Waals surface area contributed by atoms with E-state index >= 15 is 0 Å². The molecule has 172 valence electrons. The number of carboxylic acid groups (broad SMARTS) is 2. The molecule has 0 aromatic heterocycles. The molecule has 0 heterocycles. The van der Waals surface area contributed by atoms with Crippen molar-refractivity contribution >= 4 is 34.7 Å². The average Bonchev–Trinajstić information content (AvgIpc) is 2.76. The molecule has 11 nitrogen and oxygen atoms in total. The van der Waals surface area contributed by atoms with Crippen LogP contribution >= 0.6 is 0 Å². The van der Waals surface area contributed by atoms with Gasteiger partial charge in [0.2, 0.25) is 0 Å². The van der Waals surface area contributed by atoms with Crippen molar-refractivity contribution in [2.75, 3.05) is 18.0 Å². The molecule has 2 rings (SSSR count). The monoisotopic (exact) mass is 453 g/mol. The third-order valence-corrected chi connectivity index (χ3v) is 4.76. The lowest BCUT2D eigenvalue weighted by molar-refractivity contribution is -0.384. The van der Waals surface area contributed by atoms with E-state index in [0.29, 0.717) is 31.6 Å². The number of hydrogen-bond donors (Lipinski definition) is 2. The highest BCUT2D eigenvalue weighted by atomic mass is 16.6. The van der Waals surface area contributed by atoms with Crippen LogP contribution in [0.2, 0.25) is 0 Å². The second-order valence-corrected chi connectivity index (χ2v) is 7.22. The minimum Gasteiger partial charge on any atom is -0.481 e. The van der Waals surface area contributed by atoms with Gasteiger partial charge in [0.25, 0.3) is 5.69 Å². The van der Waals surface area contributed by atoms with Gasteiger partial charge in [-0.15, -0.1) is 5.11 Å². The lowest BCUT2D eigenvalue weighted by atomic mass is 10.1. The first-order valence-electron chi connectivity index (χ1n) is 10.1. The largest absolute Gasteiger partial charge is 0.481 e. The number of anilines is 1. The van der Waals surface area contributed by atoms with Crippen molar-refractivity contribution < 1.29 is 24.7 Å². The van der Waals surface area contributed by atoms with Gasteiger partial charge in [-0.2, -0.15) is 10.4 Å². The number of aliphatic carboxylic acids is 2. The number of nitrogens with zero attached hydrogens (tertiary/aromatic N) is 5. The molecule has 0 fully saturated rings. The Bertz CT molecular complexity index is 1090. The van der Waals surface area contributed by atoms with Crippen molar-refractivity contribution in [1.82, 2.24) is 0 Å². The Morgan fingerprint density at radius 3 is 2.12 bits per heavy atom. The van der Waals surface area contributed by atoms with Gasteiger partial charge < -0.3 is 15.1 Å². The summed E-state index contributed by atoms with van der Waals surface area (Å²) >= 11 is 0. The topological polar surface area (TPSA) is 169 Å². The summed E-state index contributed by atoms with van der Waals surface area (Å²) in [6.07, 6.45) is 0.855. The van der Waals surface area contributed by atoms with Crippen molar-refractivity contribution in [2.24, 2.45) is 10.2 Å². The van der Waals surface area contributed by atoms with E-state index in [0.717, 1.165) is 17.3 Å². The Kier molecular flexibility index (Phi) is 8.99. The molecule has 0 bridgehead atoms. The first kappa shape index (κ1) is 24.9. The van der Waals surface area contributed by atoms with Crippen LogP contribution in [0, 0.1) is 28.4 Å². The summed E-state index contributed by atoms with van der Waals surface area (Å²) in [5.74, 6) is -1.79. The van der Waals surface area contributed by atoms with E-state index in [4.69, 9.17) is 10.2 Å². The Morgan fingerprint density at radius 1 is 1.03 bits per heavy atom. The van der Waals surface area contributed by atoms with Crippen LogP contribution in [0.1, 0.15) is 36.8 Å². The first-order valence-corrected chi connectivity index (χ1v) is 10.1. The van der Waals surface area contributed by atoms with Gasteiger partial charge in [-0.3, -0.25) is 19.7 Å². The lowest BCUT2D eigenvalue weighted by Gasteiger charge is -2.25. The maximum Gasteiger partial charge on any atom is 0.303 e. The van der Waals surface area contributed by atoms with E-state index < -0.39 is 16.9 Å². The number of nitriles is 1. The summed E-state index contributed by atoms with van der Waals surface area (Å²) in [6, 6.07) is 11.0. The fourth-order valence-corrected chi connectivity index (χ4v) is 3.08. The van der Waals surface area contributed by atoms with Crippen LogP contribution < -0.4 is 4.90 Å². The number of non-ortho nitro benzene ring substituents is 1. The number of rotatable bonds is 12. The van der Waals surface area contributed by atoms with Crippen LogP contribution in [-0.2, 0) is 9.59 Å². The van der Waals surface area contributed by atoms with Gasteiger partial charge in [0.15, 0.2) is 0 Å². The molecule has 0 radical (unpaired) electrons. The van der Waals surface area contributed by atoms with Gasteiger partial charge in [0.05, 0.1) is 16.2 Å². The second kappa shape index (κ2) is 11.9. The van der Waals surface area contributed by atoms with E-state index in [9.17, 15) is 25.0 Å². The summed E-state index contributed by atoms with van der Waals surface area (Å²) in [5, 5.41) is 46.1. The molecule has 0 saturated heterocycles. The van der Waals surface area contributed by atoms with Gasteiger partial charge in [-0.1, -0.05) is 0 Å². The van der Waals surface area contributed by atoms with E-state index in [1.807, 2.05) is 24.0 Å². The van der Waals surface area contributed by atoms with Gasteiger partial charge >= 0.3 is 11.9 Å². The minimum atomic E-state index is -0.893. The van der Waals surface area contributed by atoms with Gasteiger partial charge in [0.1, 0.15) is 11.8 Å². The Balaban J connectivity index is 2.21. The summed E-state index contributed by atoms with van der Waals surface area (Å²) in [5.41, 5.74) is 2.11. The quantitative estimate of drug-likeness (QED) is 0.264. The predicted octanol–water partition coefficient (Wildman–Crippen LogP) is 4.73. The fraction of sp³-hybridized carbons (Fsp3) is 0.318. The normalized spacial score (nSPS) is 10.7. The predicted molar refractivity (Wildman–Crippen MR) is 119 cm³/mol. The molecule has 0 aliphatic heterocycles. The highest BCUT2D eigenvalue weighted by molar-refractivity contribution is 5.67. The number of nitro groups is 1. The number of nitro benzene ring substituents is 1. The molecule has 11 heteroatoms. The summed E-state index contributed by atoms with van der Waals surface area (Å²) in [7, 11) is 0. The summed E-state index contributed by atoms with van der Waals surface area (Å²) < 4.78 is 0. The molecule has 33 heavy (non-hydrogen) atoms. The van der Waals surface area contributed by atoms with Crippen molar-refractivity contribution in [2.45, 2.75) is 32.6 Å². The summed E-state index contributed by atoms with van der Waals surface area (Å²) in [6.45, 7) is 2.73. The lowest BCUT2D eigenvalue weighted by Crippen LogP contribution is -2.26. The minimum absolute atomic E-state index is 0.0111. The molecule has 0 aliphatic carbocycles. The number of azo groups is 1. The number of carbonyl (C=O) groups is 2. The third-order valence-electron chi connectivity index (χ3n) is 4.76. The molecule has 0 atom stereocenters. The maximum atomic E-state index is 10.9. The van der Waals surface area contributed by atoms with E-state index in [1.54, 1.807) is 12.1 Å². The molecule has 0 unspecified atom stereocenters. The zero-order valence-electron chi connectivity index (χ0n) is 18.0. The van der Waals surface area contributed by atoms with Gasteiger partial charge in [-0.25, -0.2) is 0 Å². The number of aryl methyl sites for hydroxylation is 1. The standard InChI is InChI=1S/C22H23N5O6/c1-15-12-17(26(10-2-4-21(28)29)11-3-5-22(30)31)6-8-19(15)24-25-20-9-7-18(27(32)33)13-16(20)14-23/h6-9,12-13H,2-5,10-11H2,1H3,(H,28,29)(H,30,31). The zero-order chi connectivity index (χ0) is 24.4. The maximum absolute atomic E-state index is 10.9. The highest BCUT2D eigenvalue weighted by Gasteiger charge is 2.12. The molecule has 2 N–H and O–H groups in total. The van der Waals surface area contributed by atoms with E-state index in [2.05, 4.69) is 10.2 Å². The zero-order valence-corrected chi connectivity index (χ0v) is 18.0. The Morgan fingerprint density at radius 2 is 1.61 bits per heavy atom. The third kappa shape index (κ3) is 7.70. The highest BCUT2D eigenvalue weighted by Crippen LogP contribution is 2.29. The van der Waals surface area contributed by atoms with Crippen molar-refractivity contribution in [1.29, 1.82) is 5.26 Å². The van der Waals surface area contributed by atoms with Crippen molar-refractivity contribution in [3.63, 3.8) is 0 Å². The van der Waals surface area contributed by atoms with Crippen LogP contribution in [-0.4, -0.2) is 40.2 Å². The van der Waals surface area contributed by atoms with Gasteiger partial charge in [-0.05, 0) is 49.6 Å². The van der Waals surface area contributed by atoms with Crippen LogP contribution in [0.5, 0.6) is 0 Å². The molecular weight excluding hydrogens is 430 g/mol. The fourth-order valence-electron chi connectivity index (χ4n) is 3.08. The number of benzene rings is 2. The van der Waals surface area contributed by atoms with Crippen LogP contribution in [0.25, 0.3) is 0 Å². The van der Waals surface area contributed by atoms with Crippen molar-refractivity contribution in [3.05, 3.63) is 57.6 Å². The number of hydrogen-bond acceptors (Lipinski definition) is 8. The molecule has 2 aromatic rings. The van der Waals surface area contributed by atoms with Crippen LogP contribution in [0.3, 0.4) is 0 Å². The Labute approximate surface area is 189 Å². The van der Waals surface area contributed by atoms with Gasteiger partial charge in [0, 0.05) is 43.8 Å². The van der Waals surface area contributed by atoms with E-state index in [1.165, 1.54) is 12.1 Å². The molecule has 0 aliphatic rings. The molecule has 0 amide bonds. The summed E-state index contributed by atoms with van der Waals surface area (Å²) in [4.78, 5) is 33.9. The Hall–Kier alpha value is -4.33. The smallest absolute Gasteiger partial charge is 0.303 e. The molecular formula is C22H23N5O6. The first-order chi connectivity index (χ1) is 15.7. The average molecular weight is 453 g/mol. The van der Waals surface area contributed by atoms with Crippen LogP contribution in [0.4, 0.5) is 22.7 Å². The SMILES string of the molecule is Cc1cc(N(CCCC(=O)O)CCCC(=O)O)ccc1N=Nc1ccc([N+](=O)[O-])cc1C#N. The van der Waals surface area contributed by atoms with Crippen molar-refractivity contribution in [3.8, 4) is 6.07 Å². The second-order valence-electron chi connectivity index (χ2n) is 7.22.